The van der Waals surface area contributed by atoms with Crippen molar-refractivity contribution in [2.24, 2.45) is 0 Å². The maximum Gasteiger partial charge on any atom is 0.410 e. The number of aliphatic hydroxyl groups is 1. The Balaban J connectivity index is 3.83. The highest BCUT2D eigenvalue weighted by molar-refractivity contribution is 5.67. The third-order valence-electron chi connectivity index (χ3n) is 2.37. The summed E-state index contributed by atoms with van der Waals surface area (Å²) in [6.45, 7) is 6.62. The van der Waals surface area contributed by atoms with E-state index < -0.39 is 5.60 Å². The van der Waals surface area contributed by atoms with Crippen molar-refractivity contribution >= 4 is 6.09 Å². The van der Waals surface area contributed by atoms with Gasteiger partial charge in [0.25, 0.3) is 0 Å². The van der Waals surface area contributed by atoms with E-state index in [4.69, 9.17) is 15.1 Å². The molecule has 0 heterocycles. The van der Waals surface area contributed by atoms with Gasteiger partial charge in [0.15, 0.2) is 0 Å². The molecule has 1 atom stereocenters. The van der Waals surface area contributed by atoms with Gasteiger partial charge in [0, 0.05) is 19.6 Å². The van der Waals surface area contributed by atoms with E-state index in [0.717, 1.165) is 6.42 Å². The number of carbonyl (C=O) groups excluding carboxylic acids is 1. The van der Waals surface area contributed by atoms with Gasteiger partial charge in [-0.3, -0.25) is 0 Å². The molecule has 0 rings (SSSR count). The van der Waals surface area contributed by atoms with Gasteiger partial charge in [-0.1, -0.05) is 0 Å². The lowest BCUT2D eigenvalue weighted by atomic mass is 10.2. The Bertz CT molecular complexity index is 307. The smallest absolute Gasteiger partial charge is 0.410 e. The van der Waals surface area contributed by atoms with E-state index in [9.17, 15) is 4.79 Å². The molecule has 0 aliphatic rings. The van der Waals surface area contributed by atoms with Crippen LogP contribution in [0.15, 0.2) is 0 Å². The van der Waals surface area contributed by atoms with Gasteiger partial charge in [-0.2, -0.15) is 5.26 Å². The van der Waals surface area contributed by atoms with Crippen LogP contribution in [0.4, 0.5) is 4.79 Å². The summed E-state index contributed by atoms with van der Waals surface area (Å²) in [7, 11) is 1.69. The van der Waals surface area contributed by atoms with Crippen LogP contribution >= 0.6 is 0 Å². The number of aliphatic hydroxyl groups excluding tert-OH is 1. The molecule has 0 aromatic heterocycles. The average molecular weight is 271 g/mol. The monoisotopic (exact) mass is 271 g/mol. The molecule has 6 heteroatoms. The fourth-order valence-corrected chi connectivity index (χ4v) is 1.37. The summed E-state index contributed by atoms with van der Waals surface area (Å²) in [6.07, 6.45) is 0.666. The van der Waals surface area contributed by atoms with Crippen LogP contribution < -0.4 is 5.32 Å². The predicted molar refractivity (Wildman–Crippen MR) is 72.6 cm³/mol. The van der Waals surface area contributed by atoms with Gasteiger partial charge in [-0.25, -0.2) is 4.79 Å². The highest BCUT2D eigenvalue weighted by Crippen LogP contribution is 2.09. The Morgan fingerprint density at radius 1 is 1.53 bits per heavy atom. The molecule has 0 saturated heterocycles. The zero-order valence-corrected chi connectivity index (χ0v) is 12.3. The SMILES string of the molecule is CN(CCCNC(CO)CC#N)C(=O)OC(C)(C)C. The maximum atomic E-state index is 11.6. The second-order valence-corrected chi connectivity index (χ2v) is 5.45. The highest BCUT2D eigenvalue weighted by atomic mass is 16.6. The second kappa shape index (κ2) is 8.73. The van der Waals surface area contributed by atoms with Crippen LogP contribution in [0, 0.1) is 11.3 Å². The van der Waals surface area contributed by atoms with Crippen LogP contribution in [0.25, 0.3) is 0 Å². The molecular weight excluding hydrogens is 246 g/mol. The van der Waals surface area contributed by atoms with Crippen molar-refractivity contribution in [3.05, 3.63) is 0 Å². The fourth-order valence-electron chi connectivity index (χ4n) is 1.37. The topological polar surface area (TPSA) is 85.6 Å². The van der Waals surface area contributed by atoms with Crippen LogP contribution in [0.3, 0.4) is 0 Å². The number of hydrogen-bond donors (Lipinski definition) is 2. The second-order valence-electron chi connectivity index (χ2n) is 5.45. The van der Waals surface area contributed by atoms with E-state index in [1.54, 1.807) is 7.05 Å². The first-order valence-corrected chi connectivity index (χ1v) is 6.45. The lowest BCUT2D eigenvalue weighted by molar-refractivity contribution is 0.0297. The summed E-state index contributed by atoms with van der Waals surface area (Å²) < 4.78 is 5.22. The van der Waals surface area contributed by atoms with Gasteiger partial charge in [0.1, 0.15) is 5.60 Å². The zero-order valence-electron chi connectivity index (χ0n) is 12.3. The number of nitrogens with one attached hydrogen (secondary N) is 1. The normalized spacial score (nSPS) is 12.6. The first-order valence-electron chi connectivity index (χ1n) is 6.45. The Morgan fingerprint density at radius 2 is 2.16 bits per heavy atom. The minimum Gasteiger partial charge on any atom is -0.444 e. The van der Waals surface area contributed by atoms with Crippen molar-refractivity contribution in [3.63, 3.8) is 0 Å². The van der Waals surface area contributed by atoms with Crippen molar-refractivity contribution in [3.8, 4) is 6.07 Å². The molecule has 0 aliphatic carbocycles. The largest absolute Gasteiger partial charge is 0.444 e. The van der Waals surface area contributed by atoms with E-state index in [1.807, 2.05) is 26.8 Å². The molecule has 19 heavy (non-hydrogen) atoms. The number of carbonyl (C=O) groups is 1. The van der Waals surface area contributed by atoms with Crippen molar-refractivity contribution in [2.45, 2.75) is 45.3 Å². The molecule has 0 fully saturated rings. The van der Waals surface area contributed by atoms with Gasteiger partial charge in [0.2, 0.25) is 0 Å². The molecule has 0 spiro atoms. The molecule has 1 unspecified atom stereocenters. The molecule has 0 aliphatic heterocycles. The number of ether oxygens (including phenoxy) is 1. The van der Waals surface area contributed by atoms with Crippen LogP contribution in [-0.2, 0) is 4.74 Å². The lowest BCUT2D eigenvalue weighted by Crippen LogP contribution is -2.37. The molecular formula is C13H25N3O3. The average Bonchev–Trinajstić information content (AvgIpc) is 2.30. The summed E-state index contributed by atoms with van der Waals surface area (Å²) >= 11 is 0. The number of hydrogen-bond acceptors (Lipinski definition) is 5. The van der Waals surface area contributed by atoms with Crippen LogP contribution in [0.2, 0.25) is 0 Å². The number of nitriles is 1. The van der Waals surface area contributed by atoms with Gasteiger partial charge >= 0.3 is 6.09 Å². The molecule has 0 saturated carbocycles. The standard InChI is InChI=1S/C13H25N3O3/c1-13(2,3)19-12(18)16(4)9-5-8-15-11(10-17)6-7-14/h11,15,17H,5-6,8-10H2,1-4H3. The minimum absolute atomic E-state index is 0.0601. The molecule has 0 aromatic carbocycles. The van der Waals surface area contributed by atoms with E-state index in [0.29, 0.717) is 13.1 Å². The van der Waals surface area contributed by atoms with Crippen molar-refractivity contribution < 1.29 is 14.6 Å². The quantitative estimate of drug-likeness (QED) is 0.677. The summed E-state index contributed by atoms with van der Waals surface area (Å²) in [4.78, 5) is 13.2. The third-order valence-corrected chi connectivity index (χ3v) is 2.37. The molecule has 110 valence electrons. The van der Waals surface area contributed by atoms with E-state index >= 15 is 0 Å². The minimum atomic E-state index is -0.488. The van der Waals surface area contributed by atoms with E-state index in [1.165, 1.54) is 4.90 Å². The Hall–Kier alpha value is -1.32. The Labute approximate surface area is 115 Å². The van der Waals surface area contributed by atoms with Crippen molar-refractivity contribution in [1.82, 2.24) is 10.2 Å². The van der Waals surface area contributed by atoms with Crippen molar-refractivity contribution in [1.29, 1.82) is 5.26 Å². The first kappa shape index (κ1) is 17.7. The Morgan fingerprint density at radius 3 is 2.63 bits per heavy atom. The molecule has 0 bridgehead atoms. The van der Waals surface area contributed by atoms with Gasteiger partial charge in [-0.15, -0.1) is 0 Å². The molecule has 1 amide bonds. The van der Waals surface area contributed by atoms with Crippen LogP contribution in [-0.4, -0.2) is 54.5 Å². The summed E-state index contributed by atoms with van der Waals surface area (Å²) in [5.74, 6) is 0. The first-order chi connectivity index (χ1) is 8.80. The zero-order chi connectivity index (χ0) is 14.9. The van der Waals surface area contributed by atoms with Crippen LogP contribution in [0.5, 0.6) is 0 Å². The molecule has 0 radical (unpaired) electrons. The highest BCUT2D eigenvalue weighted by Gasteiger charge is 2.19. The van der Waals surface area contributed by atoms with Gasteiger partial charge in [-0.05, 0) is 33.7 Å². The predicted octanol–water partition coefficient (Wildman–Crippen LogP) is 1.11. The van der Waals surface area contributed by atoms with Gasteiger partial charge in [0.05, 0.1) is 19.1 Å². The summed E-state index contributed by atoms with van der Waals surface area (Å²) in [5, 5.41) is 20.6. The maximum absolute atomic E-state index is 11.6. The fraction of sp³-hybridized carbons (Fsp3) is 0.846. The molecule has 2 N–H and O–H groups in total. The van der Waals surface area contributed by atoms with E-state index in [2.05, 4.69) is 5.32 Å². The van der Waals surface area contributed by atoms with Crippen molar-refractivity contribution in [2.75, 3.05) is 26.7 Å². The molecule has 0 aromatic rings. The summed E-state index contributed by atoms with van der Waals surface area (Å²) in [6, 6.07) is 1.81. The van der Waals surface area contributed by atoms with Crippen LogP contribution in [0.1, 0.15) is 33.6 Å². The van der Waals surface area contributed by atoms with E-state index in [-0.39, 0.29) is 25.2 Å². The summed E-state index contributed by atoms with van der Waals surface area (Å²) in [5.41, 5.74) is -0.488. The molecule has 6 nitrogen and oxygen atoms in total. The van der Waals surface area contributed by atoms with Gasteiger partial charge < -0.3 is 20.1 Å². The third kappa shape index (κ3) is 9.28. The number of rotatable bonds is 7. The number of amides is 1. The number of nitrogens with zero attached hydrogens (tertiary/aromatic N) is 2. The lowest BCUT2D eigenvalue weighted by Gasteiger charge is -2.24. The Kier molecular flexibility index (Phi) is 8.12.